The Balaban J connectivity index is 2.10. The van der Waals surface area contributed by atoms with E-state index in [0.717, 1.165) is 5.56 Å². The molecule has 1 aromatic carbocycles. The summed E-state index contributed by atoms with van der Waals surface area (Å²) in [6, 6.07) is 12.9. The number of pyridine rings is 1. The molecule has 0 aliphatic heterocycles. The van der Waals surface area contributed by atoms with Crippen molar-refractivity contribution in [2.75, 3.05) is 12.4 Å². The molecule has 0 unspecified atom stereocenters. The minimum atomic E-state index is 0.442. The lowest BCUT2D eigenvalue weighted by Crippen LogP contribution is -2.02. The fourth-order valence-corrected chi connectivity index (χ4v) is 1.82. The third-order valence-corrected chi connectivity index (χ3v) is 2.78. The van der Waals surface area contributed by atoms with Crippen LogP contribution >= 0.6 is 11.6 Å². The number of benzene rings is 1. The molecule has 0 saturated heterocycles. The summed E-state index contributed by atoms with van der Waals surface area (Å²) in [5.74, 6) is 1.27. The molecule has 0 saturated carbocycles. The Labute approximate surface area is 116 Å². The summed E-state index contributed by atoms with van der Waals surface area (Å²) in [7, 11) is 1.55. The molecule has 2 aromatic rings. The molecule has 0 atom stereocenters. The Morgan fingerprint density at radius 1 is 1.37 bits per heavy atom. The monoisotopic (exact) mass is 273 g/mol. The smallest absolute Gasteiger partial charge is 0.136 e. The van der Waals surface area contributed by atoms with E-state index < -0.39 is 0 Å². The van der Waals surface area contributed by atoms with E-state index in [1.807, 2.05) is 18.2 Å². The van der Waals surface area contributed by atoms with Gasteiger partial charge in [0.1, 0.15) is 22.8 Å². The van der Waals surface area contributed by atoms with Gasteiger partial charge in [0.15, 0.2) is 0 Å². The molecule has 0 amide bonds. The van der Waals surface area contributed by atoms with Crippen LogP contribution in [0.2, 0.25) is 5.15 Å². The third kappa shape index (κ3) is 3.36. The predicted octanol–water partition coefficient (Wildman–Crippen LogP) is 3.23. The van der Waals surface area contributed by atoms with Crippen LogP contribution in [-0.4, -0.2) is 12.1 Å². The van der Waals surface area contributed by atoms with Crippen molar-refractivity contribution in [3.63, 3.8) is 0 Å². The van der Waals surface area contributed by atoms with E-state index in [4.69, 9.17) is 21.6 Å². The zero-order chi connectivity index (χ0) is 13.7. The summed E-state index contributed by atoms with van der Waals surface area (Å²) >= 11 is 5.80. The van der Waals surface area contributed by atoms with Gasteiger partial charge in [-0.15, -0.1) is 0 Å². The lowest BCUT2D eigenvalue weighted by molar-refractivity contribution is 0.413. The first kappa shape index (κ1) is 13.2. The second-order valence-electron chi connectivity index (χ2n) is 3.85. The van der Waals surface area contributed by atoms with Gasteiger partial charge >= 0.3 is 0 Å². The van der Waals surface area contributed by atoms with Gasteiger partial charge in [0, 0.05) is 6.54 Å². The van der Waals surface area contributed by atoms with E-state index >= 15 is 0 Å². The van der Waals surface area contributed by atoms with Crippen molar-refractivity contribution >= 4 is 17.4 Å². The number of hydrogen-bond acceptors (Lipinski definition) is 4. The number of hydrogen-bond donors (Lipinski definition) is 1. The van der Waals surface area contributed by atoms with Crippen LogP contribution in [0.15, 0.2) is 36.4 Å². The third-order valence-electron chi connectivity index (χ3n) is 2.57. The maximum Gasteiger partial charge on any atom is 0.136 e. The lowest BCUT2D eigenvalue weighted by atomic mass is 10.1. The molecule has 4 nitrogen and oxygen atoms in total. The minimum absolute atomic E-state index is 0.442. The second-order valence-corrected chi connectivity index (χ2v) is 4.23. The first-order valence-corrected chi connectivity index (χ1v) is 6.04. The van der Waals surface area contributed by atoms with Crippen LogP contribution in [0.25, 0.3) is 0 Å². The first-order valence-electron chi connectivity index (χ1n) is 5.66. The number of nitrogens with one attached hydrogen (secondary N) is 1. The summed E-state index contributed by atoms with van der Waals surface area (Å²) in [5, 5.41) is 12.6. The fraction of sp³-hybridized carbons (Fsp3) is 0.143. The molecule has 0 aliphatic carbocycles. The zero-order valence-corrected chi connectivity index (χ0v) is 11.1. The summed E-state index contributed by atoms with van der Waals surface area (Å²) < 4.78 is 5.10. The van der Waals surface area contributed by atoms with Crippen LogP contribution in [0.5, 0.6) is 5.75 Å². The number of aromatic nitrogens is 1. The van der Waals surface area contributed by atoms with E-state index in [1.165, 1.54) is 0 Å². The molecule has 0 bridgehead atoms. The van der Waals surface area contributed by atoms with Crippen molar-refractivity contribution in [1.82, 2.24) is 4.98 Å². The number of rotatable bonds is 4. The van der Waals surface area contributed by atoms with E-state index in [2.05, 4.69) is 16.4 Å². The standard InChI is InChI=1S/C14H12ClN3O/c1-19-12-6-5-10(7-11(12)8-16)9-17-14-4-2-3-13(15)18-14/h2-7H,9H2,1H3,(H,17,18). The number of ether oxygens (including phenoxy) is 1. The summed E-state index contributed by atoms with van der Waals surface area (Å²) in [4.78, 5) is 4.13. The molecule has 1 heterocycles. The summed E-state index contributed by atoms with van der Waals surface area (Å²) in [6.45, 7) is 0.562. The van der Waals surface area contributed by atoms with Crippen molar-refractivity contribution in [3.05, 3.63) is 52.7 Å². The Kier molecular flexibility index (Phi) is 4.22. The zero-order valence-electron chi connectivity index (χ0n) is 10.4. The molecule has 0 spiro atoms. The van der Waals surface area contributed by atoms with Crippen molar-refractivity contribution in [3.8, 4) is 11.8 Å². The van der Waals surface area contributed by atoms with Crippen molar-refractivity contribution in [2.24, 2.45) is 0 Å². The molecule has 19 heavy (non-hydrogen) atoms. The highest BCUT2D eigenvalue weighted by atomic mass is 35.5. The van der Waals surface area contributed by atoms with Gasteiger partial charge in [0.2, 0.25) is 0 Å². The van der Waals surface area contributed by atoms with Gasteiger partial charge in [-0.3, -0.25) is 0 Å². The van der Waals surface area contributed by atoms with Crippen LogP contribution < -0.4 is 10.1 Å². The average molecular weight is 274 g/mol. The molecule has 1 N–H and O–H groups in total. The molecule has 96 valence electrons. The van der Waals surface area contributed by atoms with Crippen LogP contribution in [0.4, 0.5) is 5.82 Å². The first-order chi connectivity index (χ1) is 9.22. The maximum atomic E-state index is 9.02. The van der Waals surface area contributed by atoms with E-state index in [1.54, 1.807) is 25.3 Å². The van der Waals surface area contributed by atoms with Gasteiger partial charge < -0.3 is 10.1 Å². The van der Waals surface area contributed by atoms with Gasteiger partial charge in [-0.05, 0) is 29.8 Å². The second kappa shape index (κ2) is 6.07. The number of methoxy groups -OCH3 is 1. The van der Waals surface area contributed by atoms with Crippen molar-refractivity contribution in [2.45, 2.75) is 6.54 Å². The molecular formula is C14H12ClN3O. The highest BCUT2D eigenvalue weighted by Crippen LogP contribution is 2.19. The lowest BCUT2D eigenvalue weighted by Gasteiger charge is -2.08. The van der Waals surface area contributed by atoms with Gasteiger partial charge in [-0.25, -0.2) is 4.98 Å². The van der Waals surface area contributed by atoms with Gasteiger partial charge in [-0.1, -0.05) is 23.7 Å². The van der Waals surface area contributed by atoms with Crippen molar-refractivity contribution < 1.29 is 4.74 Å². The van der Waals surface area contributed by atoms with E-state index in [9.17, 15) is 0 Å². The summed E-state index contributed by atoms with van der Waals surface area (Å²) in [5.41, 5.74) is 1.49. The highest BCUT2D eigenvalue weighted by molar-refractivity contribution is 6.29. The topological polar surface area (TPSA) is 57.9 Å². The number of anilines is 1. The quantitative estimate of drug-likeness (QED) is 0.869. The van der Waals surface area contributed by atoms with Gasteiger partial charge in [0.25, 0.3) is 0 Å². The van der Waals surface area contributed by atoms with Gasteiger partial charge in [-0.2, -0.15) is 5.26 Å². The average Bonchev–Trinajstić information content (AvgIpc) is 2.45. The van der Waals surface area contributed by atoms with Crippen LogP contribution in [0.3, 0.4) is 0 Å². The Bertz CT molecular complexity index is 622. The minimum Gasteiger partial charge on any atom is -0.495 e. The molecular weight excluding hydrogens is 262 g/mol. The van der Waals surface area contributed by atoms with E-state index in [0.29, 0.717) is 28.8 Å². The van der Waals surface area contributed by atoms with Gasteiger partial charge in [0.05, 0.1) is 12.7 Å². The number of nitrogens with zero attached hydrogens (tertiary/aromatic N) is 2. The Hall–Kier alpha value is -2.25. The van der Waals surface area contributed by atoms with Crippen LogP contribution in [-0.2, 0) is 6.54 Å². The normalized spacial score (nSPS) is 9.74. The summed E-state index contributed by atoms with van der Waals surface area (Å²) in [6.07, 6.45) is 0. The number of halogens is 1. The SMILES string of the molecule is COc1ccc(CNc2cccc(Cl)n2)cc1C#N. The molecule has 0 aliphatic rings. The number of nitriles is 1. The molecule has 0 radical (unpaired) electrons. The predicted molar refractivity (Wildman–Crippen MR) is 74.3 cm³/mol. The maximum absolute atomic E-state index is 9.02. The Morgan fingerprint density at radius 2 is 2.21 bits per heavy atom. The molecule has 1 aromatic heterocycles. The molecule has 2 rings (SSSR count). The van der Waals surface area contributed by atoms with Crippen LogP contribution in [0.1, 0.15) is 11.1 Å². The molecule has 0 fully saturated rings. The largest absolute Gasteiger partial charge is 0.495 e. The highest BCUT2D eigenvalue weighted by Gasteiger charge is 2.04. The van der Waals surface area contributed by atoms with E-state index in [-0.39, 0.29) is 0 Å². The molecule has 5 heteroatoms. The Morgan fingerprint density at radius 3 is 2.89 bits per heavy atom. The van der Waals surface area contributed by atoms with Crippen LogP contribution in [0, 0.1) is 11.3 Å². The fourth-order valence-electron chi connectivity index (χ4n) is 1.65. The van der Waals surface area contributed by atoms with Crippen molar-refractivity contribution in [1.29, 1.82) is 5.26 Å².